The maximum absolute atomic E-state index is 7.52. The van der Waals surface area contributed by atoms with Crippen LogP contribution < -0.4 is 0 Å². The Morgan fingerprint density at radius 2 is 1.56 bits per heavy atom. The molecule has 0 atom stereocenters. The lowest BCUT2D eigenvalue weighted by Gasteiger charge is -1.95. The summed E-state index contributed by atoms with van der Waals surface area (Å²) in [6.45, 7) is -0.110. The van der Waals surface area contributed by atoms with Crippen LogP contribution in [-0.2, 0) is 24.9 Å². The predicted octanol–water partition coefficient (Wildman–Crippen LogP) is -0.240. The fourth-order valence-electron chi connectivity index (χ4n) is 0.161. The summed E-state index contributed by atoms with van der Waals surface area (Å²) < 4.78 is 0. The first-order chi connectivity index (χ1) is 4.41. The van der Waals surface area contributed by atoms with E-state index in [4.69, 9.17) is 10.5 Å². The molecule has 0 fully saturated rings. The fraction of sp³-hybridized carbons (Fsp3) is 1.00. The van der Waals surface area contributed by atoms with E-state index < -0.39 is 0 Å². The van der Waals surface area contributed by atoms with E-state index in [9.17, 15) is 0 Å². The van der Waals surface area contributed by atoms with Gasteiger partial charge in [0.1, 0.15) is 13.2 Å². The summed E-state index contributed by atoms with van der Waals surface area (Å²) in [6, 6.07) is 0. The highest BCUT2D eigenvalue weighted by Gasteiger charge is 1.88. The molecule has 0 amide bonds. The second-order valence-corrected chi connectivity index (χ2v) is 0.861. The molecule has 0 aliphatic heterocycles. The molecule has 0 heterocycles. The summed E-state index contributed by atoms with van der Waals surface area (Å²) >= 11 is 0. The Labute approximate surface area is 49.9 Å². The van der Waals surface area contributed by atoms with E-state index in [1.54, 1.807) is 0 Å². The Balaban J connectivity index is 2.60. The molecule has 0 aromatic rings. The molecular weight excluding hydrogens is 136 g/mol. The third-order valence-corrected chi connectivity index (χ3v) is 0.381. The van der Waals surface area contributed by atoms with Crippen LogP contribution in [0.4, 0.5) is 0 Å². The second kappa shape index (κ2) is 7.72. The molecule has 0 unspecified atom stereocenters. The minimum atomic E-state index is -0.0557. The van der Waals surface area contributed by atoms with E-state index >= 15 is 0 Å². The number of rotatable bonds is 6. The van der Waals surface area contributed by atoms with Gasteiger partial charge >= 0.3 is 0 Å². The van der Waals surface area contributed by atoms with E-state index in [0.717, 1.165) is 0 Å². The van der Waals surface area contributed by atoms with Crippen molar-refractivity contribution in [2.45, 2.75) is 0 Å². The van der Waals surface area contributed by atoms with Gasteiger partial charge in [0.25, 0.3) is 0 Å². The quantitative estimate of drug-likeness (QED) is 0.300. The van der Waals surface area contributed by atoms with Crippen LogP contribution in [-0.4, -0.2) is 23.7 Å². The molecular formula is C2H6O7. The Morgan fingerprint density at radius 1 is 0.889 bits per heavy atom. The van der Waals surface area contributed by atoms with Gasteiger partial charge in [0.15, 0.2) is 0 Å². The number of hydrogen-bond donors (Lipinski definition) is 2. The minimum absolute atomic E-state index is 0.0544. The molecule has 0 aromatic heterocycles. The van der Waals surface area contributed by atoms with Gasteiger partial charge < -0.3 is 0 Å². The van der Waals surface area contributed by atoms with Crippen molar-refractivity contribution in [3.8, 4) is 0 Å². The zero-order valence-corrected chi connectivity index (χ0v) is 4.35. The monoisotopic (exact) mass is 142 g/mol. The van der Waals surface area contributed by atoms with E-state index in [1.165, 1.54) is 0 Å². The van der Waals surface area contributed by atoms with Crippen molar-refractivity contribution in [2.24, 2.45) is 0 Å². The lowest BCUT2D eigenvalue weighted by molar-refractivity contribution is -0.626. The second-order valence-electron chi connectivity index (χ2n) is 0.861. The van der Waals surface area contributed by atoms with Crippen LogP contribution in [0.25, 0.3) is 0 Å². The summed E-state index contributed by atoms with van der Waals surface area (Å²) in [4.78, 5) is 7.89. The van der Waals surface area contributed by atoms with Crippen LogP contribution in [0, 0.1) is 0 Å². The van der Waals surface area contributed by atoms with Gasteiger partial charge in [-0.05, 0) is 10.1 Å². The SMILES string of the molecule is OOOCCOOOO. The first-order valence-electron chi connectivity index (χ1n) is 1.94. The standard InChI is InChI=1S/C2H6O7/c3-7-5-1-2-6-9-8-4/h3-4H,1-2H2. The summed E-state index contributed by atoms with van der Waals surface area (Å²) in [5.74, 6) is 0. The van der Waals surface area contributed by atoms with Gasteiger partial charge in [-0.3, -0.25) is 0 Å². The average Bonchev–Trinajstić information content (AvgIpc) is 1.89. The molecule has 2 N–H and O–H groups in total. The summed E-state index contributed by atoms with van der Waals surface area (Å²) in [5.41, 5.74) is 0. The number of hydrogen-bond acceptors (Lipinski definition) is 7. The van der Waals surface area contributed by atoms with E-state index in [2.05, 4.69) is 24.9 Å². The Morgan fingerprint density at radius 3 is 2.11 bits per heavy atom. The minimum Gasteiger partial charge on any atom is -0.221 e. The Hall–Kier alpha value is -0.280. The van der Waals surface area contributed by atoms with Crippen molar-refractivity contribution >= 4 is 0 Å². The predicted molar refractivity (Wildman–Crippen MR) is 20.4 cm³/mol. The van der Waals surface area contributed by atoms with Crippen LogP contribution in [0.5, 0.6) is 0 Å². The normalized spacial score (nSPS) is 10.0. The molecule has 9 heavy (non-hydrogen) atoms. The Bertz CT molecular complexity index is 40.2. The third kappa shape index (κ3) is 7.72. The molecule has 0 bridgehead atoms. The van der Waals surface area contributed by atoms with Crippen LogP contribution in [0.3, 0.4) is 0 Å². The van der Waals surface area contributed by atoms with Crippen LogP contribution in [0.1, 0.15) is 0 Å². The van der Waals surface area contributed by atoms with Gasteiger partial charge in [-0.1, -0.05) is 5.04 Å². The Kier molecular flexibility index (Phi) is 7.48. The van der Waals surface area contributed by atoms with Crippen molar-refractivity contribution in [2.75, 3.05) is 13.2 Å². The van der Waals surface area contributed by atoms with Crippen LogP contribution >= 0.6 is 0 Å². The molecule has 0 saturated carbocycles. The zero-order valence-electron chi connectivity index (χ0n) is 4.35. The maximum Gasteiger partial charge on any atom is 0.112 e. The summed E-state index contributed by atoms with van der Waals surface area (Å²) in [5, 5.41) is 24.7. The molecule has 0 aromatic carbocycles. The molecule has 7 heteroatoms. The molecule has 56 valence electrons. The highest BCUT2D eigenvalue weighted by atomic mass is 17.6. The van der Waals surface area contributed by atoms with Crippen molar-refractivity contribution in [3.63, 3.8) is 0 Å². The van der Waals surface area contributed by atoms with E-state index in [0.29, 0.717) is 0 Å². The smallest absolute Gasteiger partial charge is 0.112 e. The topological polar surface area (TPSA) is 86.6 Å². The molecule has 0 rings (SSSR count). The highest BCUT2D eigenvalue weighted by molar-refractivity contribution is 4.13. The largest absolute Gasteiger partial charge is 0.221 e. The molecule has 0 radical (unpaired) electrons. The van der Waals surface area contributed by atoms with E-state index in [1.807, 2.05) is 0 Å². The molecule has 0 saturated heterocycles. The molecule has 0 aliphatic rings. The van der Waals surface area contributed by atoms with Crippen molar-refractivity contribution < 1.29 is 35.4 Å². The highest BCUT2D eigenvalue weighted by Crippen LogP contribution is 1.78. The van der Waals surface area contributed by atoms with Gasteiger partial charge in [0.05, 0.1) is 0 Å². The average molecular weight is 142 g/mol. The summed E-state index contributed by atoms with van der Waals surface area (Å²) in [6.07, 6.45) is 0. The van der Waals surface area contributed by atoms with Crippen LogP contribution in [0.15, 0.2) is 0 Å². The first kappa shape index (κ1) is 8.72. The van der Waals surface area contributed by atoms with E-state index in [-0.39, 0.29) is 13.2 Å². The van der Waals surface area contributed by atoms with Crippen molar-refractivity contribution in [1.29, 1.82) is 0 Å². The fourth-order valence-corrected chi connectivity index (χ4v) is 0.161. The van der Waals surface area contributed by atoms with Gasteiger partial charge in [-0.15, -0.1) is 0 Å². The lowest BCUT2D eigenvalue weighted by Crippen LogP contribution is -2.03. The summed E-state index contributed by atoms with van der Waals surface area (Å²) in [7, 11) is 0. The van der Waals surface area contributed by atoms with Crippen molar-refractivity contribution in [3.05, 3.63) is 0 Å². The van der Waals surface area contributed by atoms with Gasteiger partial charge in [-0.25, -0.2) is 20.3 Å². The lowest BCUT2D eigenvalue weighted by atomic mass is 10.8. The van der Waals surface area contributed by atoms with Gasteiger partial charge in [0.2, 0.25) is 0 Å². The molecule has 0 spiro atoms. The van der Waals surface area contributed by atoms with Gasteiger partial charge in [0, 0.05) is 0 Å². The first-order valence-corrected chi connectivity index (χ1v) is 1.94. The third-order valence-electron chi connectivity index (χ3n) is 0.381. The van der Waals surface area contributed by atoms with Crippen LogP contribution in [0.2, 0.25) is 0 Å². The van der Waals surface area contributed by atoms with Gasteiger partial charge in [-0.2, -0.15) is 0 Å². The van der Waals surface area contributed by atoms with Crippen molar-refractivity contribution in [1.82, 2.24) is 0 Å². The molecule has 0 aliphatic carbocycles. The molecule has 7 nitrogen and oxygen atoms in total. The zero-order chi connectivity index (χ0) is 6.95. The maximum atomic E-state index is 7.52.